The van der Waals surface area contributed by atoms with E-state index in [1.54, 1.807) is 19.3 Å². The molecule has 7 heteroatoms. The van der Waals surface area contributed by atoms with Crippen molar-refractivity contribution < 1.29 is 9.59 Å². The van der Waals surface area contributed by atoms with Crippen LogP contribution in [0.2, 0.25) is 0 Å². The molecule has 0 saturated carbocycles. The average Bonchev–Trinajstić information content (AvgIpc) is 3.14. The van der Waals surface area contributed by atoms with Crippen LogP contribution in [0.15, 0.2) is 42.9 Å². The smallest absolute Gasteiger partial charge is 0.256 e. The summed E-state index contributed by atoms with van der Waals surface area (Å²) in [6, 6.07) is 7.52. The fraction of sp³-hybridized carbons (Fsp3) is 0.188. The monoisotopic (exact) mass is 311 g/mol. The quantitative estimate of drug-likeness (QED) is 0.763. The molecule has 0 saturated heterocycles. The van der Waals surface area contributed by atoms with E-state index >= 15 is 0 Å². The third-order valence-electron chi connectivity index (χ3n) is 3.65. The number of nitrogens with one attached hydrogen (secondary N) is 2. The molecule has 0 aliphatic rings. The van der Waals surface area contributed by atoms with Gasteiger partial charge in [-0.25, -0.2) is 0 Å². The Labute approximate surface area is 132 Å². The van der Waals surface area contributed by atoms with Gasteiger partial charge in [0.15, 0.2) is 0 Å². The molecule has 0 aliphatic carbocycles. The van der Waals surface area contributed by atoms with Crippen molar-refractivity contribution in [1.29, 1.82) is 0 Å². The molecule has 0 unspecified atom stereocenters. The predicted molar refractivity (Wildman–Crippen MR) is 87.2 cm³/mol. The van der Waals surface area contributed by atoms with Gasteiger partial charge in [-0.15, -0.1) is 0 Å². The minimum Gasteiger partial charge on any atom is -0.358 e. The number of rotatable bonds is 4. The van der Waals surface area contributed by atoms with Crippen LogP contribution in [-0.2, 0) is 18.4 Å². The van der Waals surface area contributed by atoms with E-state index in [0.717, 1.165) is 10.9 Å². The molecule has 2 aromatic heterocycles. The topological polar surface area (TPSA) is 81.0 Å². The maximum atomic E-state index is 12.5. The van der Waals surface area contributed by atoms with Gasteiger partial charge < -0.3 is 15.2 Å². The summed E-state index contributed by atoms with van der Waals surface area (Å²) in [6.07, 6.45) is 5.06. The standard InChI is InChI=1S/C16H17N5O2/c1-17-15(22)10-21-9-11(8-18-21)19-16(23)13-4-3-5-14-12(13)6-7-20(14)2/h3-9H,10H2,1-2H3,(H,17,22)(H,19,23). The van der Waals surface area contributed by atoms with Crippen molar-refractivity contribution in [2.45, 2.75) is 6.54 Å². The number of hydrogen-bond acceptors (Lipinski definition) is 3. The molecule has 0 bridgehead atoms. The lowest BCUT2D eigenvalue weighted by molar-refractivity contribution is -0.121. The van der Waals surface area contributed by atoms with Gasteiger partial charge in [0.25, 0.3) is 5.91 Å². The highest BCUT2D eigenvalue weighted by Crippen LogP contribution is 2.20. The Morgan fingerprint density at radius 2 is 2.09 bits per heavy atom. The Morgan fingerprint density at radius 1 is 1.26 bits per heavy atom. The summed E-state index contributed by atoms with van der Waals surface area (Å²) in [5.41, 5.74) is 2.14. The highest BCUT2D eigenvalue weighted by Gasteiger charge is 2.13. The highest BCUT2D eigenvalue weighted by molar-refractivity contribution is 6.12. The van der Waals surface area contributed by atoms with E-state index in [9.17, 15) is 9.59 Å². The van der Waals surface area contributed by atoms with Gasteiger partial charge in [0, 0.05) is 43.0 Å². The summed E-state index contributed by atoms with van der Waals surface area (Å²) in [6.45, 7) is 0.112. The molecule has 7 nitrogen and oxygen atoms in total. The normalized spacial score (nSPS) is 10.7. The van der Waals surface area contributed by atoms with Gasteiger partial charge in [-0.1, -0.05) is 6.07 Å². The molecule has 0 radical (unpaired) electrons. The molecule has 1 aromatic carbocycles. The van der Waals surface area contributed by atoms with Gasteiger partial charge in [0.2, 0.25) is 5.91 Å². The summed E-state index contributed by atoms with van der Waals surface area (Å²) in [5, 5.41) is 10.3. The largest absolute Gasteiger partial charge is 0.358 e. The van der Waals surface area contributed by atoms with Crippen molar-refractivity contribution in [2.75, 3.05) is 12.4 Å². The Morgan fingerprint density at radius 3 is 2.87 bits per heavy atom. The second-order valence-corrected chi connectivity index (χ2v) is 5.22. The van der Waals surface area contributed by atoms with Crippen LogP contribution in [0.5, 0.6) is 0 Å². The number of carbonyl (C=O) groups is 2. The summed E-state index contributed by atoms with van der Waals surface area (Å²) in [4.78, 5) is 23.8. The maximum absolute atomic E-state index is 12.5. The van der Waals surface area contributed by atoms with Crippen LogP contribution in [-0.4, -0.2) is 33.2 Å². The molecule has 0 aliphatic heterocycles. The fourth-order valence-electron chi connectivity index (χ4n) is 2.44. The summed E-state index contributed by atoms with van der Waals surface area (Å²) < 4.78 is 3.44. The molecular weight excluding hydrogens is 294 g/mol. The van der Waals surface area contributed by atoms with Crippen LogP contribution in [0.3, 0.4) is 0 Å². The van der Waals surface area contributed by atoms with E-state index in [0.29, 0.717) is 11.3 Å². The Balaban J connectivity index is 1.80. The maximum Gasteiger partial charge on any atom is 0.256 e. The number of hydrogen-bond donors (Lipinski definition) is 2. The van der Waals surface area contributed by atoms with E-state index in [4.69, 9.17) is 0 Å². The number of carbonyl (C=O) groups excluding carboxylic acids is 2. The lowest BCUT2D eigenvalue weighted by Crippen LogP contribution is -2.23. The van der Waals surface area contributed by atoms with Crippen LogP contribution in [0.25, 0.3) is 10.9 Å². The van der Waals surface area contributed by atoms with Gasteiger partial charge in [0.05, 0.1) is 11.9 Å². The summed E-state index contributed by atoms with van der Waals surface area (Å²) in [7, 11) is 3.50. The van der Waals surface area contributed by atoms with Crippen molar-refractivity contribution in [3.8, 4) is 0 Å². The molecule has 23 heavy (non-hydrogen) atoms. The number of aromatic nitrogens is 3. The number of benzene rings is 1. The predicted octanol–water partition coefficient (Wildman–Crippen LogP) is 1.37. The zero-order valence-electron chi connectivity index (χ0n) is 12.9. The first kappa shape index (κ1) is 14.8. The zero-order chi connectivity index (χ0) is 16.4. The molecule has 0 atom stereocenters. The van der Waals surface area contributed by atoms with E-state index in [1.807, 2.05) is 36.0 Å². The van der Waals surface area contributed by atoms with Crippen molar-refractivity contribution in [2.24, 2.45) is 7.05 Å². The molecule has 0 spiro atoms. The molecule has 118 valence electrons. The fourth-order valence-corrected chi connectivity index (χ4v) is 2.44. The number of anilines is 1. The lowest BCUT2D eigenvalue weighted by atomic mass is 10.1. The van der Waals surface area contributed by atoms with Crippen molar-refractivity contribution in [1.82, 2.24) is 19.7 Å². The van der Waals surface area contributed by atoms with Crippen LogP contribution >= 0.6 is 0 Å². The summed E-state index contributed by atoms with van der Waals surface area (Å²) in [5.74, 6) is -0.360. The first-order chi connectivity index (χ1) is 11.1. The van der Waals surface area contributed by atoms with E-state index < -0.39 is 0 Å². The van der Waals surface area contributed by atoms with Crippen molar-refractivity contribution in [3.63, 3.8) is 0 Å². The van der Waals surface area contributed by atoms with Crippen molar-refractivity contribution >= 4 is 28.4 Å². The minimum absolute atomic E-state index is 0.112. The van der Waals surface area contributed by atoms with Gasteiger partial charge >= 0.3 is 0 Å². The molecule has 0 fully saturated rings. The number of aryl methyl sites for hydroxylation is 1. The molecule has 3 aromatic rings. The Bertz CT molecular complexity index is 878. The first-order valence-corrected chi connectivity index (χ1v) is 7.17. The van der Waals surface area contributed by atoms with Crippen molar-refractivity contribution in [3.05, 3.63) is 48.4 Å². The van der Waals surface area contributed by atoms with Gasteiger partial charge in [0.1, 0.15) is 6.54 Å². The van der Waals surface area contributed by atoms with Gasteiger partial charge in [-0.3, -0.25) is 14.3 Å². The SMILES string of the molecule is CNC(=O)Cn1cc(NC(=O)c2cccc3c2ccn3C)cn1. The molecule has 2 heterocycles. The Kier molecular flexibility index (Phi) is 3.84. The van der Waals surface area contributed by atoms with Gasteiger partial charge in [-0.2, -0.15) is 5.10 Å². The van der Waals surface area contributed by atoms with Crippen LogP contribution in [0.1, 0.15) is 10.4 Å². The lowest BCUT2D eigenvalue weighted by Gasteiger charge is -2.05. The molecular formula is C16H17N5O2. The van der Waals surface area contributed by atoms with E-state index in [-0.39, 0.29) is 18.4 Å². The van der Waals surface area contributed by atoms with Crippen LogP contribution in [0.4, 0.5) is 5.69 Å². The number of amides is 2. The van der Waals surface area contributed by atoms with E-state index in [2.05, 4.69) is 15.7 Å². The zero-order valence-corrected chi connectivity index (χ0v) is 12.9. The number of likely N-dealkylation sites (N-methyl/N-ethyl adjacent to an activating group) is 1. The molecule has 2 N–H and O–H groups in total. The second-order valence-electron chi connectivity index (χ2n) is 5.22. The third-order valence-corrected chi connectivity index (χ3v) is 3.65. The minimum atomic E-state index is -0.207. The molecule has 3 rings (SSSR count). The van der Waals surface area contributed by atoms with Gasteiger partial charge in [-0.05, 0) is 18.2 Å². The van der Waals surface area contributed by atoms with Crippen LogP contribution < -0.4 is 10.6 Å². The number of fused-ring (bicyclic) bond motifs is 1. The highest BCUT2D eigenvalue weighted by atomic mass is 16.2. The van der Waals surface area contributed by atoms with E-state index in [1.165, 1.54) is 10.9 Å². The Hall–Kier alpha value is -3.09. The average molecular weight is 311 g/mol. The third kappa shape index (κ3) is 2.94. The first-order valence-electron chi connectivity index (χ1n) is 7.17. The second kappa shape index (κ2) is 5.96. The summed E-state index contributed by atoms with van der Waals surface area (Å²) >= 11 is 0. The molecule has 2 amide bonds. The number of nitrogens with zero attached hydrogens (tertiary/aromatic N) is 3. The van der Waals surface area contributed by atoms with Crippen LogP contribution in [0, 0.1) is 0 Å².